The summed E-state index contributed by atoms with van der Waals surface area (Å²) in [5.41, 5.74) is 0. The smallest absolute Gasteiger partial charge is 0.157 e. The third-order valence-electron chi connectivity index (χ3n) is 2.01. The fourth-order valence-electron chi connectivity index (χ4n) is 1.25. The molecular formula is C11H16O3. The van der Waals surface area contributed by atoms with Gasteiger partial charge < -0.3 is 14.6 Å². The number of hydrogen-bond acceptors (Lipinski definition) is 3. The summed E-state index contributed by atoms with van der Waals surface area (Å²) in [6.07, 6.45) is 10.5. The van der Waals surface area contributed by atoms with E-state index in [0.29, 0.717) is 6.61 Å². The maximum Gasteiger partial charge on any atom is 0.157 e. The van der Waals surface area contributed by atoms with Gasteiger partial charge in [0, 0.05) is 6.61 Å². The van der Waals surface area contributed by atoms with Crippen LogP contribution in [0.3, 0.4) is 0 Å². The van der Waals surface area contributed by atoms with E-state index in [0.717, 1.165) is 25.9 Å². The van der Waals surface area contributed by atoms with Crippen molar-refractivity contribution in [2.75, 3.05) is 13.2 Å². The molecule has 1 heterocycles. The van der Waals surface area contributed by atoms with Crippen LogP contribution in [0.15, 0.2) is 12.2 Å². The third-order valence-corrected chi connectivity index (χ3v) is 2.01. The molecule has 3 heteroatoms. The lowest BCUT2D eigenvalue weighted by Gasteiger charge is -2.21. The average molecular weight is 196 g/mol. The molecule has 1 fully saturated rings. The van der Waals surface area contributed by atoms with Gasteiger partial charge in [-0.05, 0) is 25.3 Å². The Balaban J connectivity index is 2.08. The van der Waals surface area contributed by atoms with Crippen LogP contribution in [0.4, 0.5) is 0 Å². The Bertz CT molecular complexity index is 211. The molecule has 1 saturated heterocycles. The third kappa shape index (κ3) is 4.43. The molecule has 3 nitrogen and oxygen atoms in total. The molecule has 0 aromatic heterocycles. The van der Waals surface area contributed by atoms with E-state index in [4.69, 9.17) is 21.0 Å². The predicted molar refractivity (Wildman–Crippen MR) is 53.5 cm³/mol. The number of aliphatic hydroxyl groups excluding tert-OH is 1. The van der Waals surface area contributed by atoms with Gasteiger partial charge in [-0.3, -0.25) is 0 Å². The highest BCUT2D eigenvalue weighted by Crippen LogP contribution is 2.13. The van der Waals surface area contributed by atoms with Crippen LogP contribution >= 0.6 is 0 Å². The molecule has 1 aliphatic rings. The van der Waals surface area contributed by atoms with Gasteiger partial charge in [-0.1, -0.05) is 12.0 Å². The quantitative estimate of drug-likeness (QED) is 0.540. The Morgan fingerprint density at radius 1 is 1.64 bits per heavy atom. The van der Waals surface area contributed by atoms with Gasteiger partial charge in [-0.25, -0.2) is 0 Å². The minimum absolute atomic E-state index is 0.0867. The fourth-order valence-corrected chi connectivity index (χ4v) is 1.25. The van der Waals surface area contributed by atoms with Gasteiger partial charge >= 0.3 is 0 Å². The van der Waals surface area contributed by atoms with Gasteiger partial charge in [-0.15, -0.1) is 6.42 Å². The van der Waals surface area contributed by atoms with E-state index in [-0.39, 0.29) is 6.29 Å². The average Bonchev–Trinajstić information content (AvgIpc) is 2.25. The highest BCUT2D eigenvalue weighted by molar-refractivity contribution is 5.06. The van der Waals surface area contributed by atoms with Crippen LogP contribution in [0.2, 0.25) is 0 Å². The van der Waals surface area contributed by atoms with Crippen molar-refractivity contribution < 1.29 is 14.6 Å². The molecule has 0 aromatic rings. The standard InChI is InChI=1S/C11H16O3/c1-2-10(12)6-5-9-14-11-7-3-4-8-13-11/h1,5-6,10-12H,3-4,7-9H2. The van der Waals surface area contributed by atoms with E-state index in [2.05, 4.69) is 5.92 Å². The lowest BCUT2D eigenvalue weighted by molar-refractivity contribution is -0.155. The first-order valence-corrected chi connectivity index (χ1v) is 4.87. The summed E-state index contributed by atoms with van der Waals surface area (Å²) in [5, 5.41) is 8.99. The molecule has 1 aliphatic heterocycles. The second kappa shape index (κ2) is 6.61. The number of hydrogen-bond donors (Lipinski definition) is 1. The number of ether oxygens (including phenoxy) is 2. The van der Waals surface area contributed by atoms with Crippen molar-refractivity contribution in [3.8, 4) is 12.3 Å². The molecule has 1 rings (SSSR count). The summed E-state index contributed by atoms with van der Waals surface area (Å²) in [6.45, 7) is 1.21. The van der Waals surface area contributed by atoms with Crippen molar-refractivity contribution in [3.63, 3.8) is 0 Å². The normalized spacial score (nSPS) is 24.7. The fraction of sp³-hybridized carbons (Fsp3) is 0.636. The van der Waals surface area contributed by atoms with E-state index in [1.54, 1.807) is 6.08 Å². The van der Waals surface area contributed by atoms with Crippen LogP contribution in [-0.4, -0.2) is 30.7 Å². The maximum atomic E-state index is 8.99. The summed E-state index contributed by atoms with van der Waals surface area (Å²) >= 11 is 0. The van der Waals surface area contributed by atoms with Crippen molar-refractivity contribution in [1.82, 2.24) is 0 Å². The number of rotatable bonds is 4. The zero-order valence-corrected chi connectivity index (χ0v) is 8.19. The molecule has 2 unspecified atom stereocenters. The first-order valence-electron chi connectivity index (χ1n) is 4.87. The first-order chi connectivity index (χ1) is 6.83. The second-order valence-electron chi connectivity index (χ2n) is 3.17. The Kier molecular flexibility index (Phi) is 5.31. The Morgan fingerprint density at radius 3 is 3.14 bits per heavy atom. The summed E-state index contributed by atoms with van der Waals surface area (Å²) in [6, 6.07) is 0. The molecule has 2 atom stereocenters. The predicted octanol–water partition coefficient (Wildman–Crippen LogP) is 1.08. The lowest BCUT2D eigenvalue weighted by atomic mass is 10.2. The second-order valence-corrected chi connectivity index (χ2v) is 3.17. The largest absolute Gasteiger partial charge is 0.377 e. The van der Waals surface area contributed by atoms with Crippen LogP contribution in [0, 0.1) is 12.3 Å². The monoisotopic (exact) mass is 196 g/mol. The minimum atomic E-state index is -0.814. The van der Waals surface area contributed by atoms with E-state index < -0.39 is 6.10 Å². The van der Waals surface area contributed by atoms with Crippen LogP contribution in [0.5, 0.6) is 0 Å². The van der Waals surface area contributed by atoms with Crippen molar-refractivity contribution in [2.24, 2.45) is 0 Å². The van der Waals surface area contributed by atoms with Crippen molar-refractivity contribution in [3.05, 3.63) is 12.2 Å². The van der Waals surface area contributed by atoms with Crippen LogP contribution < -0.4 is 0 Å². The van der Waals surface area contributed by atoms with Gasteiger partial charge in [0.2, 0.25) is 0 Å². The zero-order chi connectivity index (χ0) is 10.2. The summed E-state index contributed by atoms with van der Waals surface area (Å²) in [4.78, 5) is 0. The van der Waals surface area contributed by atoms with E-state index in [9.17, 15) is 0 Å². The summed E-state index contributed by atoms with van der Waals surface area (Å²) in [5.74, 6) is 2.19. The molecule has 0 amide bonds. The Labute approximate surface area is 84.7 Å². The summed E-state index contributed by atoms with van der Waals surface area (Å²) in [7, 11) is 0. The highest BCUT2D eigenvalue weighted by Gasteiger charge is 2.12. The van der Waals surface area contributed by atoms with E-state index in [1.807, 2.05) is 0 Å². The van der Waals surface area contributed by atoms with Gasteiger partial charge in [0.25, 0.3) is 0 Å². The summed E-state index contributed by atoms with van der Waals surface area (Å²) < 4.78 is 10.7. The number of terminal acetylenes is 1. The molecule has 0 saturated carbocycles. The molecule has 14 heavy (non-hydrogen) atoms. The first kappa shape index (κ1) is 11.3. The molecule has 78 valence electrons. The molecule has 0 bridgehead atoms. The van der Waals surface area contributed by atoms with Crippen molar-refractivity contribution in [1.29, 1.82) is 0 Å². The van der Waals surface area contributed by atoms with Crippen LogP contribution in [-0.2, 0) is 9.47 Å². The van der Waals surface area contributed by atoms with Crippen LogP contribution in [0.25, 0.3) is 0 Å². The molecule has 0 radical (unpaired) electrons. The highest BCUT2D eigenvalue weighted by atomic mass is 16.7. The van der Waals surface area contributed by atoms with Crippen molar-refractivity contribution in [2.45, 2.75) is 31.7 Å². The molecule has 0 spiro atoms. The van der Waals surface area contributed by atoms with E-state index in [1.165, 1.54) is 6.08 Å². The molecule has 0 aliphatic carbocycles. The maximum absolute atomic E-state index is 8.99. The zero-order valence-electron chi connectivity index (χ0n) is 8.19. The topological polar surface area (TPSA) is 38.7 Å². The minimum Gasteiger partial charge on any atom is -0.377 e. The Morgan fingerprint density at radius 2 is 2.50 bits per heavy atom. The SMILES string of the molecule is C#CC(O)C=CCOC1CCCCO1. The van der Waals surface area contributed by atoms with Crippen LogP contribution in [0.1, 0.15) is 19.3 Å². The molecule has 0 aromatic carbocycles. The van der Waals surface area contributed by atoms with Gasteiger partial charge in [0.1, 0.15) is 6.10 Å². The van der Waals surface area contributed by atoms with Crippen molar-refractivity contribution >= 4 is 0 Å². The van der Waals surface area contributed by atoms with Gasteiger partial charge in [0.15, 0.2) is 6.29 Å². The molecular weight excluding hydrogens is 180 g/mol. The van der Waals surface area contributed by atoms with Gasteiger partial charge in [-0.2, -0.15) is 0 Å². The molecule has 1 N–H and O–H groups in total. The van der Waals surface area contributed by atoms with Gasteiger partial charge in [0.05, 0.1) is 6.61 Å². The van der Waals surface area contributed by atoms with E-state index >= 15 is 0 Å². The Hall–Kier alpha value is -0.820. The number of aliphatic hydroxyl groups is 1. The lowest BCUT2D eigenvalue weighted by Crippen LogP contribution is -2.22.